The molecule has 0 heterocycles. The van der Waals surface area contributed by atoms with Crippen molar-refractivity contribution in [3.63, 3.8) is 0 Å². The predicted molar refractivity (Wildman–Crippen MR) is 74.3 cm³/mol. The van der Waals surface area contributed by atoms with Crippen LogP contribution in [0.2, 0.25) is 0 Å². The lowest BCUT2D eigenvalue weighted by molar-refractivity contribution is 0.199. The Hall–Kier alpha value is -0.450. The van der Waals surface area contributed by atoms with E-state index in [1.54, 1.807) is 13.2 Å². The van der Waals surface area contributed by atoms with Crippen LogP contribution in [0.3, 0.4) is 0 Å². The van der Waals surface area contributed by atoms with Crippen LogP contribution >= 0.6 is 15.9 Å². The van der Waals surface area contributed by atoms with Crippen molar-refractivity contribution in [2.75, 3.05) is 26.8 Å². The van der Waals surface area contributed by atoms with Gasteiger partial charge in [0.05, 0.1) is 11.1 Å². The van der Waals surface area contributed by atoms with Crippen molar-refractivity contribution >= 4 is 15.9 Å². The van der Waals surface area contributed by atoms with Crippen LogP contribution in [0.15, 0.2) is 22.7 Å². The lowest BCUT2D eigenvalue weighted by Crippen LogP contribution is -2.23. The molecular weight excluding hydrogens is 297 g/mol. The molecule has 1 N–H and O–H groups in total. The zero-order valence-corrected chi connectivity index (χ0v) is 12.4. The molecular formula is C14H19BrFNO. The van der Waals surface area contributed by atoms with E-state index < -0.39 is 0 Å². The highest BCUT2D eigenvalue weighted by Gasteiger charge is 2.50. The maximum Gasteiger partial charge on any atom is 0.137 e. The van der Waals surface area contributed by atoms with Crippen LogP contribution in [0.5, 0.6) is 0 Å². The lowest BCUT2D eigenvalue weighted by atomic mass is 9.95. The Morgan fingerprint density at radius 3 is 3.00 bits per heavy atom. The smallest absolute Gasteiger partial charge is 0.137 e. The van der Waals surface area contributed by atoms with Gasteiger partial charge in [-0.3, -0.25) is 0 Å². The fraction of sp³-hybridized carbons (Fsp3) is 0.571. The first-order valence-corrected chi connectivity index (χ1v) is 7.02. The quantitative estimate of drug-likeness (QED) is 0.814. The van der Waals surface area contributed by atoms with Gasteiger partial charge in [0.1, 0.15) is 5.82 Å². The summed E-state index contributed by atoms with van der Waals surface area (Å²) in [5, 5.41) is 3.39. The van der Waals surface area contributed by atoms with Gasteiger partial charge in [0.2, 0.25) is 0 Å². The van der Waals surface area contributed by atoms with Crippen LogP contribution in [-0.2, 0) is 10.2 Å². The molecule has 2 atom stereocenters. The van der Waals surface area contributed by atoms with Crippen molar-refractivity contribution in [1.82, 2.24) is 5.32 Å². The van der Waals surface area contributed by atoms with Crippen molar-refractivity contribution in [2.24, 2.45) is 5.92 Å². The van der Waals surface area contributed by atoms with Crippen molar-refractivity contribution in [1.29, 1.82) is 0 Å². The molecule has 1 aliphatic carbocycles. The van der Waals surface area contributed by atoms with E-state index >= 15 is 0 Å². The van der Waals surface area contributed by atoms with Gasteiger partial charge in [-0.05, 0) is 57.9 Å². The average Bonchev–Trinajstić information content (AvgIpc) is 3.01. The van der Waals surface area contributed by atoms with E-state index in [0.29, 0.717) is 10.4 Å². The Labute approximate surface area is 116 Å². The van der Waals surface area contributed by atoms with E-state index in [1.807, 2.05) is 12.1 Å². The maximum absolute atomic E-state index is 13.2. The molecule has 1 aromatic carbocycles. The van der Waals surface area contributed by atoms with Gasteiger partial charge in [0.15, 0.2) is 0 Å². The minimum atomic E-state index is -0.197. The van der Waals surface area contributed by atoms with Crippen molar-refractivity contribution in [3.8, 4) is 0 Å². The first-order valence-electron chi connectivity index (χ1n) is 6.23. The number of ether oxygens (including phenoxy) is 1. The molecule has 0 aromatic heterocycles. The minimum absolute atomic E-state index is 0.191. The molecule has 1 aromatic rings. The van der Waals surface area contributed by atoms with Gasteiger partial charge in [-0.2, -0.15) is 0 Å². The Morgan fingerprint density at radius 2 is 2.33 bits per heavy atom. The topological polar surface area (TPSA) is 21.3 Å². The summed E-state index contributed by atoms with van der Waals surface area (Å²) in [6.45, 7) is 4.87. The second kappa shape index (κ2) is 5.68. The normalized spacial score (nSPS) is 26.3. The second-order valence-corrected chi connectivity index (χ2v) is 6.00. The molecule has 2 rings (SSSR count). The van der Waals surface area contributed by atoms with Crippen LogP contribution in [0, 0.1) is 11.7 Å². The van der Waals surface area contributed by atoms with Gasteiger partial charge in [0, 0.05) is 13.7 Å². The van der Waals surface area contributed by atoms with E-state index in [4.69, 9.17) is 4.74 Å². The van der Waals surface area contributed by atoms with E-state index in [9.17, 15) is 4.39 Å². The largest absolute Gasteiger partial charge is 0.383 e. The summed E-state index contributed by atoms with van der Waals surface area (Å²) in [7, 11) is 1.71. The molecule has 0 amide bonds. The van der Waals surface area contributed by atoms with Crippen LogP contribution in [0.1, 0.15) is 18.9 Å². The minimum Gasteiger partial charge on any atom is -0.383 e. The summed E-state index contributed by atoms with van der Waals surface area (Å²) in [6, 6.07) is 5.35. The molecule has 1 fully saturated rings. The molecule has 100 valence electrons. The van der Waals surface area contributed by atoms with Crippen molar-refractivity contribution < 1.29 is 9.13 Å². The van der Waals surface area contributed by atoms with Gasteiger partial charge in [-0.25, -0.2) is 4.39 Å². The molecule has 0 aliphatic heterocycles. The second-order valence-electron chi connectivity index (χ2n) is 5.14. The summed E-state index contributed by atoms with van der Waals surface area (Å²) in [6.07, 6.45) is 1.16. The van der Waals surface area contributed by atoms with Crippen LogP contribution in [0.25, 0.3) is 0 Å². The van der Waals surface area contributed by atoms with E-state index in [2.05, 4.69) is 28.2 Å². The highest BCUT2D eigenvalue weighted by atomic mass is 79.9. The SMILES string of the molecule is COCCNCC1CC1(C)c1ccc(F)c(Br)c1. The molecule has 2 nitrogen and oxygen atoms in total. The monoisotopic (exact) mass is 315 g/mol. The van der Waals surface area contributed by atoms with Crippen LogP contribution in [-0.4, -0.2) is 26.8 Å². The fourth-order valence-electron chi connectivity index (χ4n) is 2.41. The van der Waals surface area contributed by atoms with Gasteiger partial charge in [-0.15, -0.1) is 0 Å². The molecule has 2 unspecified atom stereocenters. The Morgan fingerprint density at radius 1 is 1.56 bits per heavy atom. The number of rotatable bonds is 6. The molecule has 1 saturated carbocycles. The summed E-state index contributed by atoms with van der Waals surface area (Å²) >= 11 is 3.25. The third-order valence-electron chi connectivity index (χ3n) is 3.86. The Balaban J connectivity index is 1.91. The number of halogens is 2. The summed E-state index contributed by atoms with van der Waals surface area (Å²) in [5.74, 6) is 0.435. The first kappa shape index (κ1) is 14.0. The predicted octanol–water partition coefficient (Wildman–Crippen LogP) is 3.10. The average molecular weight is 316 g/mol. The highest BCUT2D eigenvalue weighted by Crippen LogP contribution is 2.53. The molecule has 0 bridgehead atoms. The van der Waals surface area contributed by atoms with Crippen LogP contribution < -0.4 is 5.32 Å². The first-order chi connectivity index (χ1) is 8.58. The highest BCUT2D eigenvalue weighted by molar-refractivity contribution is 9.10. The van der Waals surface area contributed by atoms with Gasteiger partial charge in [-0.1, -0.05) is 13.0 Å². The third-order valence-corrected chi connectivity index (χ3v) is 4.47. The van der Waals surface area contributed by atoms with E-state index in [0.717, 1.165) is 26.1 Å². The zero-order chi connectivity index (χ0) is 13.2. The molecule has 18 heavy (non-hydrogen) atoms. The number of hydrogen-bond donors (Lipinski definition) is 1. The van der Waals surface area contributed by atoms with E-state index in [1.165, 1.54) is 5.56 Å². The van der Waals surface area contributed by atoms with Crippen LogP contribution in [0.4, 0.5) is 4.39 Å². The standard InChI is InChI=1S/C14H19BrFNO/c1-14(8-11(14)9-17-5-6-18-2)10-3-4-13(16)12(15)7-10/h3-4,7,11,17H,5-6,8-9H2,1-2H3. The zero-order valence-electron chi connectivity index (χ0n) is 10.8. The van der Waals surface area contributed by atoms with Gasteiger partial charge < -0.3 is 10.1 Å². The number of hydrogen-bond acceptors (Lipinski definition) is 2. The van der Waals surface area contributed by atoms with Crippen molar-refractivity contribution in [2.45, 2.75) is 18.8 Å². The molecule has 0 radical (unpaired) electrons. The Kier molecular flexibility index (Phi) is 4.41. The van der Waals surface area contributed by atoms with Gasteiger partial charge >= 0.3 is 0 Å². The Bertz CT molecular complexity index is 426. The summed E-state index contributed by atoms with van der Waals surface area (Å²) in [4.78, 5) is 0. The number of benzene rings is 1. The number of nitrogens with one attached hydrogen (secondary N) is 1. The molecule has 4 heteroatoms. The van der Waals surface area contributed by atoms with Gasteiger partial charge in [0.25, 0.3) is 0 Å². The van der Waals surface area contributed by atoms with Crippen molar-refractivity contribution in [3.05, 3.63) is 34.1 Å². The lowest BCUT2D eigenvalue weighted by Gasteiger charge is -2.13. The van der Waals surface area contributed by atoms with E-state index in [-0.39, 0.29) is 11.2 Å². The fourth-order valence-corrected chi connectivity index (χ4v) is 2.78. The molecule has 0 saturated heterocycles. The summed E-state index contributed by atoms with van der Waals surface area (Å²) in [5.41, 5.74) is 1.41. The summed E-state index contributed by atoms with van der Waals surface area (Å²) < 4.78 is 18.8. The molecule has 1 aliphatic rings. The number of methoxy groups -OCH3 is 1. The maximum atomic E-state index is 13.2. The molecule has 0 spiro atoms. The third kappa shape index (κ3) is 2.92.